The second-order valence-electron chi connectivity index (χ2n) is 3.97. The number of aromatic nitrogens is 2. The molecule has 0 spiro atoms. The van der Waals surface area contributed by atoms with Gasteiger partial charge < -0.3 is 10.3 Å². The van der Waals surface area contributed by atoms with E-state index in [1.165, 1.54) is 12.8 Å². The first-order valence-electron chi connectivity index (χ1n) is 5.41. The first kappa shape index (κ1) is 11.2. The van der Waals surface area contributed by atoms with Gasteiger partial charge in [-0.05, 0) is 19.4 Å². The summed E-state index contributed by atoms with van der Waals surface area (Å²) in [6.07, 6.45) is 7.15. The van der Waals surface area contributed by atoms with E-state index in [9.17, 15) is 0 Å². The number of imidazole rings is 1. The molecule has 0 radical (unpaired) electrons. The Balaban J connectivity index is 2.39. The molecule has 0 aromatic carbocycles. The standard InChI is InChI=1S/C11H21N3/c1-4-9(2)7-10(12-3)8-11-13-5-6-14-11/h5-6,9-10,12H,4,7-8H2,1-3H3,(H,13,14). The molecule has 80 valence electrons. The number of hydrogen-bond acceptors (Lipinski definition) is 2. The van der Waals surface area contributed by atoms with Gasteiger partial charge in [-0.25, -0.2) is 4.98 Å². The lowest BCUT2D eigenvalue weighted by Crippen LogP contribution is -2.29. The van der Waals surface area contributed by atoms with E-state index in [1.54, 1.807) is 0 Å². The Bertz CT molecular complexity index is 231. The molecule has 1 rings (SSSR count). The first-order chi connectivity index (χ1) is 6.76. The van der Waals surface area contributed by atoms with E-state index in [1.807, 2.05) is 19.4 Å². The summed E-state index contributed by atoms with van der Waals surface area (Å²) in [6, 6.07) is 0.538. The monoisotopic (exact) mass is 195 g/mol. The molecule has 1 aromatic heterocycles. The molecule has 0 fully saturated rings. The summed E-state index contributed by atoms with van der Waals surface area (Å²) in [5.41, 5.74) is 0. The highest BCUT2D eigenvalue weighted by atomic mass is 14.9. The van der Waals surface area contributed by atoms with Crippen molar-refractivity contribution in [2.24, 2.45) is 5.92 Å². The number of nitrogens with zero attached hydrogens (tertiary/aromatic N) is 1. The quantitative estimate of drug-likeness (QED) is 0.728. The van der Waals surface area contributed by atoms with Gasteiger partial charge in [-0.2, -0.15) is 0 Å². The van der Waals surface area contributed by atoms with Crippen molar-refractivity contribution >= 4 is 0 Å². The van der Waals surface area contributed by atoms with Gasteiger partial charge in [0.1, 0.15) is 5.82 Å². The summed E-state index contributed by atoms with van der Waals surface area (Å²) in [6.45, 7) is 4.54. The largest absolute Gasteiger partial charge is 0.349 e. The molecule has 0 aliphatic carbocycles. The number of aromatic amines is 1. The van der Waals surface area contributed by atoms with Crippen LogP contribution in [0.3, 0.4) is 0 Å². The van der Waals surface area contributed by atoms with E-state index in [0.717, 1.165) is 18.2 Å². The third kappa shape index (κ3) is 3.50. The molecule has 3 heteroatoms. The van der Waals surface area contributed by atoms with Crippen LogP contribution in [0.15, 0.2) is 12.4 Å². The van der Waals surface area contributed by atoms with Crippen LogP contribution in [0.2, 0.25) is 0 Å². The smallest absolute Gasteiger partial charge is 0.107 e. The van der Waals surface area contributed by atoms with Crippen molar-refractivity contribution in [3.8, 4) is 0 Å². The maximum absolute atomic E-state index is 4.24. The molecule has 1 aromatic rings. The van der Waals surface area contributed by atoms with Gasteiger partial charge in [-0.1, -0.05) is 20.3 Å². The third-order valence-corrected chi connectivity index (χ3v) is 2.79. The Morgan fingerprint density at radius 2 is 2.36 bits per heavy atom. The molecule has 2 unspecified atom stereocenters. The van der Waals surface area contributed by atoms with E-state index in [2.05, 4.69) is 29.1 Å². The average Bonchev–Trinajstić information content (AvgIpc) is 2.69. The molecule has 0 saturated carbocycles. The highest BCUT2D eigenvalue weighted by Gasteiger charge is 2.11. The van der Waals surface area contributed by atoms with E-state index in [0.29, 0.717) is 6.04 Å². The van der Waals surface area contributed by atoms with Crippen molar-refractivity contribution in [2.75, 3.05) is 7.05 Å². The molecule has 14 heavy (non-hydrogen) atoms. The van der Waals surface area contributed by atoms with Gasteiger partial charge in [0.25, 0.3) is 0 Å². The van der Waals surface area contributed by atoms with Crippen molar-refractivity contribution in [2.45, 2.75) is 39.2 Å². The van der Waals surface area contributed by atoms with E-state index >= 15 is 0 Å². The predicted molar refractivity (Wildman–Crippen MR) is 59.2 cm³/mol. The minimum Gasteiger partial charge on any atom is -0.349 e. The van der Waals surface area contributed by atoms with Crippen LogP contribution in [-0.2, 0) is 6.42 Å². The Hall–Kier alpha value is -0.830. The summed E-state index contributed by atoms with van der Waals surface area (Å²) < 4.78 is 0. The van der Waals surface area contributed by atoms with Crippen LogP contribution in [0.5, 0.6) is 0 Å². The molecule has 0 aliphatic heterocycles. The Morgan fingerprint density at radius 3 is 2.86 bits per heavy atom. The van der Waals surface area contributed by atoms with Crippen LogP contribution in [0.25, 0.3) is 0 Å². The highest BCUT2D eigenvalue weighted by Crippen LogP contribution is 2.11. The molecule has 2 N–H and O–H groups in total. The summed E-state index contributed by atoms with van der Waals surface area (Å²) in [7, 11) is 2.02. The lowest BCUT2D eigenvalue weighted by molar-refractivity contribution is 0.406. The van der Waals surface area contributed by atoms with Gasteiger partial charge in [0.15, 0.2) is 0 Å². The van der Waals surface area contributed by atoms with Gasteiger partial charge in [-0.15, -0.1) is 0 Å². The molecular formula is C11H21N3. The normalized spacial score (nSPS) is 15.4. The minimum atomic E-state index is 0.538. The average molecular weight is 195 g/mol. The van der Waals surface area contributed by atoms with E-state index < -0.39 is 0 Å². The highest BCUT2D eigenvalue weighted by molar-refractivity contribution is 4.91. The second kappa shape index (κ2) is 5.81. The fraction of sp³-hybridized carbons (Fsp3) is 0.727. The van der Waals surface area contributed by atoms with Crippen LogP contribution in [-0.4, -0.2) is 23.1 Å². The van der Waals surface area contributed by atoms with Crippen LogP contribution in [0.1, 0.15) is 32.5 Å². The van der Waals surface area contributed by atoms with Crippen LogP contribution in [0, 0.1) is 5.92 Å². The van der Waals surface area contributed by atoms with E-state index in [-0.39, 0.29) is 0 Å². The minimum absolute atomic E-state index is 0.538. The number of H-pyrrole nitrogens is 1. The number of hydrogen-bond donors (Lipinski definition) is 2. The predicted octanol–water partition coefficient (Wildman–Crippen LogP) is 1.98. The van der Waals surface area contributed by atoms with Crippen molar-refractivity contribution in [1.29, 1.82) is 0 Å². The number of rotatable bonds is 6. The van der Waals surface area contributed by atoms with Gasteiger partial charge in [-0.3, -0.25) is 0 Å². The van der Waals surface area contributed by atoms with Crippen molar-refractivity contribution in [1.82, 2.24) is 15.3 Å². The van der Waals surface area contributed by atoms with Gasteiger partial charge >= 0.3 is 0 Å². The summed E-state index contributed by atoms with van der Waals surface area (Å²) in [5, 5.41) is 3.35. The van der Waals surface area contributed by atoms with Crippen molar-refractivity contribution in [3.63, 3.8) is 0 Å². The fourth-order valence-corrected chi connectivity index (χ4v) is 1.60. The van der Waals surface area contributed by atoms with Crippen LogP contribution >= 0.6 is 0 Å². The lowest BCUT2D eigenvalue weighted by atomic mass is 9.97. The maximum atomic E-state index is 4.24. The van der Waals surface area contributed by atoms with Crippen molar-refractivity contribution < 1.29 is 0 Å². The zero-order valence-electron chi connectivity index (χ0n) is 9.38. The summed E-state index contributed by atoms with van der Waals surface area (Å²) >= 11 is 0. The van der Waals surface area contributed by atoms with Crippen molar-refractivity contribution in [3.05, 3.63) is 18.2 Å². The zero-order valence-corrected chi connectivity index (χ0v) is 9.38. The van der Waals surface area contributed by atoms with Gasteiger partial charge in [0.05, 0.1) is 0 Å². The second-order valence-corrected chi connectivity index (χ2v) is 3.97. The Kier molecular flexibility index (Phi) is 4.66. The Labute approximate surface area is 86.3 Å². The Morgan fingerprint density at radius 1 is 1.57 bits per heavy atom. The summed E-state index contributed by atoms with van der Waals surface area (Å²) in [5.74, 6) is 1.86. The van der Waals surface area contributed by atoms with E-state index in [4.69, 9.17) is 0 Å². The molecular weight excluding hydrogens is 174 g/mol. The fourth-order valence-electron chi connectivity index (χ4n) is 1.60. The number of likely N-dealkylation sites (N-methyl/N-ethyl adjacent to an activating group) is 1. The van der Waals surface area contributed by atoms with Gasteiger partial charge in [0.2, 0.25) is 0 Å². The third-order valence-electron chi connectivity index (χ3n) is 2.79. The molecule has 1 heterocycles. The lowest BCUT2D eigenvalue weighted by Gasteiger charge is -2.18. The molecule has 0 amide bonds. The molecule has 0 aliphatic rings. The maximum Gasteiger partial charge on any atom is 0.107 e. The SMILES string of the molecule is CCC(C)CC(Cc1ncc[nH]1)NC. The van der Waals surface area contributed by atoms with Gasteiger partial charge in [0, 0.05) is 24.9 Å². The molecule has 2 atom stereocenters. The number of nitrogens with one attached hydrogen (secondary N) is 2. The summed E-state index contributed by atoms with van der Waals surface area (Å²) in [4.78, 5) is 7.38. The zero-order chi connectivity index (χ0) is 10.4. The van der Waals surface area contributed by atoms with Crippen LogP contribution in [0.4, 0.5) is 0 Å². The molecule has 0 bridgehead atoms. The van der Waals surface area contributed by atoms with Crippen LogP contribution < -0.4 is 5.32 Å². The first-order valence-corrected chi connectivity index (χ1v) is 5.41. The topological polar surface area (TPSA) is 40.7 Å². The molecule has 0 saturated heterocycles. The molecule has 3 nitrogen and oxygen atoms in total.